The molecule has 9 heteroatoms. The molecule has 0 N–H and O–H groups in total. The SMILES string of the molecule is CCOC(=O)COc1c(Br)cc(/C=C2/SC(=S)N(c3cccc4ccccc34)C2=O)cc1OC. The smallest absolute Gasteiger partial charge is 0.344 e. The third kappa shape index (κ3) is 4.96. The Morgan fingerprint density at radius 2 is 1.94 bits per heavy atom. The van der Waals surface area contributed by atoms with Crippen LogP contribution in [0.3, 0.4) is 0 Å². The third-order valence-corrected chi connectivity index (χ3v) is 6.88. The lowest BCUT2D eigenvalue weighted by atomic mass is 10.1. The number of thioether (sulfide) groups is 1. The van der Waals surface area contributed by atoms with E-state index >= 15 is 0 Å². The number of fused-ring (bicyclic) bond motifs is 1. The molecular formula is C25H20BrNO5S2. The van der Waals surface area contributed by atoms with Gasteiger partial charge in [-0.1, -0.05) is 60.4 Å². The summed E-state index contributed by atoms with van der Waals surface area (Å²) in [5, 5.41) is 1.99. The second kappa shape index (κ2) is 10.6. The lowest BCUT2D eigenvalue weighted by Gasteiger charge is -2.17. The maximum absolute atomic E-state index is 13.3. The number of thiocarbonyl (C=S) groups is 1. The van der Waals surface area contributed by atoms with Crippen LogP contribution in [0, 0.1) is 0 Å². The number of hydrogen-bond acceptors (Lipinski definition) is 7. The minimum absolute atomic E-state index is 0.191. The molecule has 0 aromatic heterocycles. The minimum Gasteiger partial charge on any atom is -0.493 e. The van der Waals surface area contributed by atoms with Crippen LogP contribution >= 0.6 is 39.9 Å². The zero-order valence-corrected chi connectivity index (χ0v) is 21.6. The fraction of sp³-hybridized carbons (Fsp3) is 0.160. The van der Waals surface area contributed by atoms with E-state index in [-0.39, 0.29) is 19.1 Å². The van der Waals surface area contributed by atoms with Gasteiger partial charge in [0.25, 0.3) is 5.91 Å². The minimum atomic E-state index is -0.474. The number of ether oxygens (including phenoxy) is 3. The number of anilines is 1. The van der Waals surface area contributed by atoms with Crippen LogP contribution < -0.4 is 14.4 Å². The van der Waals surface area contributed by atoms with Crippen LogP contribution in [0.15, 0.2) is 64.0 Å². The number of hydrogen-bond donors (Lipinski definition) is 0. The molecule has 4 rings (SSSR count). The number of nitrogens with zero attached hydrogens (tertiary/aromatic N) is 1. The molecule has 1 aliphatic rings. The molecule has 1 heterocycles. The maximum atomic E-state index is 13.3. The molecule has 0 radical (unpaired) electrons. The van der Waals surface area contributed by atoms with Gasteiger partial charge in [0.2, 0.25) is 0 Å². The molecule has 0 bridgehead atoms. The third-order valence-electron chi connectivity index (χ3n) is 4.99. The van der Waals surface area contributed by atoms with Crippen molar-refractivity contribution in [1.82, 2.24) is 0 Å². The van der Waals surface area contributed by atoms with Crippen molar-refractivity contribution < 1.29 is 23.8 Å². The van der Waals surface area contributed by atoms with Crippen molar-refractivity contribution in [1.29, 1.82) is 0 Å². The van der Waals surface area contributed by atoms with Gasteiger partial charge in [0, 0.05) is 5.39 Å². The fourth-order valence-corrected chi connectivity index (χ4v) is 5.39. The first kappa shape index (κ1) is 24.3. The van der Waals surface area contributed by atoms with E-state index in [1.54, 1.807) is 30.0 Å². The predicted octanol–water partition coefficient (Wildman–Crippen LogP) is 5.96. The Balaban J connectivity index is 1.63. The summed E-state index contributed by atoms with van der Waals surface area (Å²) in [6, 6.07) is 17.2. The maximum Gasteiger partial charge on any atom is 0.344 e. The molecule has 174 valence electrons. The summed E-state index contributed by atoms with van der Waals surface area (Å²) in [7, 11) is 1.50. The molecule has 0 saturated carbocycles. The Morgan fingerprint density at radius 1 is 1.18 bits per heavy atom. The first-order valence-electron chi connectivity index (χ1n) is 10.3. The van der Waals surface area contributed by atoms with E-state index in [1.165, 1.54) is 18.9 Å². The van der Waals surface area contributed by atoms with E-state index < -0.39 is 5.97 Å². The van der Waals surface area contributed by atoms with Crippen molar-refractivity contribution in [3.63, 3.8) is 0 Å². The van der Waals surface area contributed by atoms with E-state index in [9.17, 15) is 9.59 Å². The van der Waals surface area contributed by atoms with Crippen molar-refractivity contribution in [2.45, 2.75) is 6.92 Å². The van der Waals surface area contributed by atoms with E-state index in [0.717, 1.165) is 16.5 Å². The van der Waals surface area contributed by atoms with E-state index in [2.05, 4.69) is 15.9 Å². The largest absolute Gasteiger partial charge is 0.493 e. The van der Waals surface area contributed by atoms with Crippen LogP contribution in [0.4, 0.5) is 5.69 Å². The highest BCUT2D eigenvalue weighted by molar-refractivity contribution is 9.10. The number of esters is 1. The monoisotopic (exact) mass is 557 g/mol. The lowest BCUT2D eigenvalue weighted by Crippen LogP contribution is -2.27. The second-order valence-corrected chi connectivity index (χ2v) is 9.67. The molecule has 3 aromatic rings. The molecular weight excluding hydrogens is 538 g/mol. The van der Waals surface area contributed by atoms with Crippen molar-refractivity contribution in [2.24, 2.45) is 0 Å². The van der Waals surface area contributed by atoms with Crippen LogP contribution in [0.2, 0.25) is 0 Å². The number of carbonyl (C=O) groups is 2. The summed E-state index contributed by atoms with van der Waals surface area (Å²) in [5.74, 6) is 0.118. The van der Waals surface area contributed by atoms with Gasteiger partial charge in [-0.25, -0.2) is 4.79 Å². The number of rotatable bonds is 7. The summed E-state index contributed by atoms with van der Waals surface area (Å²) in [4.78, 5) is 27.1. The van der Waals surface area contributed by atoms with Gasteiger partial charge in [0.1, 0.15) is 0 Å². The van der Waals surface area contributed by atoms with Gasteiger partial charge in [0.05, 0.1) is 28.8 Å². The highest BCUT2D eigenvalue weighted by Gasteiger charge is 2.34. The second-order valence-electron chi connectivity index (χ2n) is 7.14. The fourth-order valence-electron chi connectivity index (χ4n) is 3.53. The number of amides is 1. The van der Waals surface area contributed by atoms with E-state index in [4.69, 9.17) is 26.4 Å². The number of benzene rings is 3. The summed E-state index contributed by atoms with van der Waals surface area (Å²) in [5.41, 5.74) is 1.47. The topological polar surface area (TPSA) is 65.1 Å². The molecule has 6 nitrogen and oxygen atoms in total. The molecule has 0 unspecified atom stereocenters. The normalized spacial score (nSPS) is 14.7. The number of methoxy groups -OCH3 is 1. The highest BCUT2D eigenvalue weighted by atomic mass is 79.9. The van der Waals surface area contributed by atoms with Gasteiger partial charge in [-0.3, -0.25) is 9.69 Å². The first-order chi connectivity index (χ1) is 16.4. The Bertz CT molecular complexity index is 1320. The van der Waals surface area contributed by atoms with Gasteiger partial charge in [-0.05, 0) is 58.1 Å². The van der Waals surface area contributed by atoms with Crippen molar-refractivity contribution >= 4 is 78.6 Å². The standard InChI is InChI=1S/C25H20BrNO5S2/c1-3-31-22(28)14-32-23-18(26)11-15(12-20(23)30-2)13-21-24(29)27(25(33)34-21)19-10-6-8-16-7-4-5-9-17(16)19/h4-13H,3,14H2,1-2H3/b21-13+. The highest BCUT2D eigenvalue weighted by Crippen LogP contribution is 2.41. The molecule has 0 spiro atoms. The van der Waals surface area contributed by atoms with Crippen molar-refractivity contribution in [2.75, 3.05) is 25.2 Å². The van der Waals surface area contributed by atoms with Crippen LogP contribution in [0.1, 0.15) is 12.5 Å². The average Bonchev–Trinajstić information content (AvgIpc) is 3.10. The Morgan fingerprint density at radius 3 is 2.71 bits per heavy atom. The van der Waals surface area contributed by atoms with Crippen LogP contribution in [-0.4, -0.2) is 36.5 Å². The summed E-state index contributed by atoms with van der Waals surface area (Å²) in [6.07, 6.45) is 1.76. The zero-order valence-electron chi connectivity index (χ0n) is 18.4. The quantitative estimate of drug-likeness (QED) is 0.202. The Hall–Kier alpha value is -2.88. The molecule has 34 heavy (non-hydrogen) atoms. The molecule has 1 amide bonds. The van der Waals surface area contributed by atoms with Crippen LogP contribution in [0.5, 0.6) is 11.5 Å². The summed E-state index contributed by atoms with van der Waals surface area (Å²) >= 11 is 10.3. The molecule has 3 aromatic carbocycles. The summed E-state index contributed by atoms with van der Waals surface area (Å²) < 4.78 is 17.0. The average molecular weight is 558 g/mol. The summed E-state index contributed by atoms with van der Waals surface area (Å²) in [6.45, 7) is 1.76. The predicted molar refractivity (Wildman–Crippen MR) is 142 cm³/mol. The van der Waals surface area contributed by atoms with Crippen LogP contribution in [-0.2, 0) is 14.3 Å². The number of carbonyl (C=O) groups excluding carboxylic acids is 2. The van der Waals surface area contributed by atoms with Crippen molar-refractivity contribution in [3.05, 3.63) is 69.5 Å². The van der Waals surface area contributed by atoms with E-state index in [0.29, 0.717) is 30.8 Å². The van der Waals surface area contributed by atoms with Crippen molar-refractivity contribution in [3.8, 4) is 11.5 Å². The van der Waals surface area contributed by atoms with Crippen LogP contribution in [0.25, 0.3) is 16.8 Å². The Kier molecular flexibility index (Phi) is 7.55. The van der Waals surface area contributed by atoms with Gasteiger partial charge in [-0.15, -0.1) is 0 Å². The van der Waals surface area contributed by atoms with Gasteiger partial charge < -0.3 is 14.2 Å². The number of halogens is 1. The molecule has 1 aliphatic heterocycles. The van der Waals surface area contributed by atoms with Gasteiger partial charge >= 0.3 is 5.97 Å². The molecule has 1 saturated heterocycles. The van der Waals surface area contributed by atoms with E-state index in [1.807, 2.05) is 42.5 Å². The first-order valence-corrected chi connectivity index (χ1v) is 12.4. The molecule has 0 aliphatic carbocycles. The molecule has 0 atom stereocenters. The molecule has 1 fully saturated rings. The lowest BCUT2D eigenvalue weighted by molar-refractivity contribution is -0.145. The van der Waals surface area contributed by atoms with Gasteiger partial charge in [0.15, 0.2) is 22.4 Å². The van der Waals surface area contributed by atoms with Gasteiger partial charge in [-0.2, -0.15) is 0 Å². The Labute approximate surface area is 215 Å². The zero-order chi connectivity index (χ0) is 24.2.